The van der Waals surface area contributed by atoms with Gasteiger partial charge in [0, 0.05) is 12.1 Å². The Morgan fingerprint density at radius 1 is 1.20 bits per heavy atom. The largest absolute Gasteiger partial charge is 0.491 e. The topological polar surface area (TPSA) is 18.5 Å². The lowest BCUT2D eigenvalue weighted by molar-refractivity contribution is 0.146. The molecule has 1 aromatic rings. The van der Waals surface area contributed by atoms with Crippen LogP contribution in [0.4, 0.5) is 0 Å². The normalized spacial score (nSPS) is 10.7. The van der Waals surface area contributed by atoms with E-state index >= 15 is 0 Å². The monoisotopic (exact) mass is 228 g/mol. The Kier molecular flexibility index (Phi) is 4.92. The first-order chi connectivity index (χ1) is 7.13. The Labute approximate surface area is 96.2 Å². The van der Waals surface area contributed by atoms with Crippen LogP contribution in [0.5, 0.6) is 5.75 Å². The molecule has 0 spiro atoms. The summed E-state index contributed by atoms with van der Waals surface area (Å²) in [4.78, 5) is 0. The van der Waals surface area contributed by atoms with Gasteiger partial charge in [-0.1, -0.05) is 25.4 Å². The minimum atomic E-state index is 0.452. The predicted molar refractivity (Wildman–Crippen MR) is 62.9 cm³/mol. The van der Waals surface area contributed by atoms with Crippen molar-refractivity contribution in [2.75, 3.05) is 20.3 Å². The highest BCUT2D eigenvalue weighted by Crippen LogP contribution is 2.25. The molecule has 0 saturated carbocycles. The van der Waals surface area contributed by atoms with E-state index in [9.17, 15) is 0 Å². The second kappa shape index (κ2) is 5.99. The fraction of sp³-hybridized carbons (Fsp3) is 0.500. The molecule has 0 aliphatic rings. The maximum absolute atomic E-state index is 6.00. The van der Waals surface area contributed by atoms with Crippen LogP contribution in [0, 0.1) is 0 Å². The second-order valence-electron chi connectivity index (χ2n) is 3.72. The molecule has 0 N–H and O–H groups in total. The Bertz CT molecular complexity index is 310. The molecule has 0 amide bonds. The Morgan fingerprint density at radius 2 is 1.93 bits per heavy atom. The van der Waals surface area contributed by atoms with E-state index < -0.39 is 0 Å². The number of halogens is 1. The molecule has 0 saturated heterocycles. The van der Waals surface area contributed by atoms with Gasteiger partial charge in [-0.2, -0.15) is 0 Å². The van der Waals surface area contributed by atoms with Crippen molar-refractivity contribution in [1.29, 1.82) is 0 Å². The summed E-state index contributed by atoms with van der Waals surface area (Å²) in [6.07, 6.45) is 0. The van der Waals surface area contributed by atoms with Crippen LogP contribution in [0.3, 0.4) is 0 Å². The molecule has 0 aliphatic heterocycles. The standard InChI is InChI=1S/C12H17ClO2/c1-9(2)10-6-11(13)8-12(7-10)15-5-4-14-3/h6-9H,4-5H2,1-3H3. The van der Waals surface area contributed by atoms with Crippen molar-refractivity contribution < 1.29 is 9.47 Å². The number of hydrogen-bond acceptors (Lipinski definition) is 2. The highest BCUT2D eigenvalue weighted by atomic mass is 35.5. The maximum Gasteiger partial charge on any atom is 0.121 e. The Morgan fingerprint density at radius 3 is 2.53 bits per heavy atom. The summed E-state index contributed by atoms with van der Waals surface area (Å²) in [7, 11) is 1.65. The number of benzene rings is 1. The van der Waals surface area contributed by atoms with E-state index in [1.54, 1.807) is 7.11 Å². The first kappa shape index (κ1) is 12.3. The molecule has 1 rings (SSSR count). The quantitative estimate of drug-likeness (QED) is 0.719. The predicted octanol–water partition coefficient (Wildman–Crippen LogP) is 3.49. The van der Waals surface area contributed by atoms with Gasteiger partial charge < -0.3 is 9.47 Å². The van der Waals surface area contributed by atoms with Crippen molar-refractivity contribution in [3.8, 4) is 5.75 Å². The van der Waals surface area contributed by atoms with Gasteiger partial charge in [0.25, 0.3) is 0 Å². The van der Waals surface area contributed by atoms with Gasteiger partial charge in [-0.05, 0) is 29.7 Å². The molecule has 0 bridgehead atoms. The summed E-state index contributed by atoms with van der Waals surface area (Å²) < 4.78 is 10.4. The van der Waals surface area contributed by atoms with Crippen LogP contribution in [0.25, 0.3) is 0 Å². The zero-order valence-corrected chi connectivity index (χ0v) is 10.2. The fourth-order valence-corrected chi connectivity index (χ4v) is 1.48. The number of methoxy groups -OCH3 is 1. The first-order valence-corrected chi connectivity index (χ1v) is 5.43. The van der Waals surface area contributed by atoms with Crippen molar-refractivity contribution in [3.63, 3.8) is 0 Å². The van der Waals surface area contributed by atoms with E-state index in [1.807, 2.05) is 18.2 Å². The molecule has 0 aromatic heterocycles. The molecule has 0 fully saturated rings. The molecule has 0 radical (unpaired) electrons. The van der Waals surface area contributed by atoms with Gasteiger partial charge in [-0.15, -0.1) is 0 Å². The van der Waals surface area contributed by atoms with Crippen LogP contribution < -0.4 is 4.74 Å². The Balaban J connectivity index is 2.71. The molecule has 0 heterocycles. The molecule has 15 heavy (non-hydrogen) atoms. The second-order valence-corrected chi connectivity index (χ2v) is 4.15. The van der Waals surface area contributed by atoms with Gasteiger partial charge in [-0.3, -0.25) is 0 Å². The fourth-order valence-electron chi connectivity index (χ4n) is 1.24. The van der Waals surface area contributed by atoms with Crippen LogP contribution in [0.15, 0.2) is 18.2 Å². The lowest BCUT2D eigenvalue weighted by Crippen LogP contribution is -2.04. The van der Waals surface area contributed by atoms with E-state index in [1.165, 1.54) is 5.56 Å². The van der Waals surface area contributed by atoms with Crippen molar-refractivity contribution in [1.82, 2.24) is 0 Å². The van der Waals surface area contributed by atoms with Crippen LogP contribution >= 0.6 is 11.6 Å². The molecule has 0 unspecified atom stereocenters. The molecule has 1 aromatic carbocycles. The molecule has 0 atom stereocenters. The summed E-state index contributed by atoms with van der Waals surface area (Å²) >= 11 is 6.00. The molecule has 3 heteroatoms. The van der Waals surface area contributed by atoms with Crippen LogP contribution in [-0.4, -0.2) is 20.3 Å². The van der Waals surface area contributed by atoms with E-state index in [0.29, 0.717) is 24.2 Å². The van der Waals surface area contributed by atoms with Gasteiger partial charge in [0.15, 0.2) is 0 Å². The van der Waals surface area contributed by atoms with E-state index in [2.05, 4.69) is 13.8 Å². The number of rotatable bonds is 5. The number of hydrogen-bond donors (Lipinski definition) is 0. The van der Waals surface area contributed by atoms with E-state index in [0.717, 1.165) is 5.75 Å². The third kappa shape index (κ3) is 4.10. The van der Waals surface area contributed by atoms with Crippen LogP contribution in [0.1, 0.15) is 25.3 Å². The van der Waals surface area contributed by atoms with Crippen molar-refractivity contribution >= 4 is 11.6 Å². The summed E-state index contributed by atoms with van der Waals surface area (Å²) in [5, 5.41) is 0.716. The highest BCUT2D eigenvalue weighted by molar-refractivity contribution is 6.30. The van der Waals surface area contributed by atoms with Crippen LogP contribution in [-0.2, 0) is 4.74 Å². The molecule has 84 valence electrons. The number of ether oxygens (including phenoxy) is 2. The average Bonchev–Trinajstić information content (AvgIpc) is 2.17. The third-order valence-corrected chi connectivity index (χ3v) is 2.33. The molecular formula is C12H17ClO2. The lowest BCUT2D eigenvalue weighted by Gasteiger charge is -2.10. The maximum atomic E-state index is 6.00. The van der Waals surface area contributed by atoms with Crippen molar-refractivity contribution in [3.05, 3.63) is 28.8 Å². The van der Waals surface area contributed by atoms with Gasteiger partial charge in [0.1, 0.15) is 12.4 Å². The van der Waals surface area contributed by atoms with Gasteiger partial charge in [0.05, 0.1) is 6.61 Å². The van der Waals surface area contributed by atoms with Crippen LogP contribution in [0.2, 0.25) is 5.02 Å². The van der Waals surface area contributed by atoms with Crippen molar-refractivity contribution in [2.24, 2.45) is 0 Å². The minimum absolute atomic E-state index is 0.452. The van der Waals surface area contributed by atoms with E-state index in [4.69, 9.17) is 21.1 Å². The summed E-state index contributed by atoms with van der Waals surface area (Å²) in [6, 6.07) is 5.81. The van der Waals surface area contributed by atoms with Crippen molar-refractivity contribution in [2.45, 2.75) is 19.8 Å². The minimum Gasteiger partial charge on any atom is -0.491 e. The Hall–Kier alpha value is -0.730. The lowest BCUT2D eigenvalue weighted by atomic mass is 10.0. The van der Waals surface area contributed by atoms with Gasteiger partial charge in [0.2, 0.25) is 0 Å². The SMILES string of the molecule is COCCOc1cc(Cl)cc(C(C)C)c1. The summed E-state index contributed by atoms with van der Waals surface area (Å²) in [6.45, 7) is 5.40. The first-order valence-electron chi connectivity index (χ1n) is 5.05. The highest BCUT2D eigenvalue weighted by Gasteiger charge is 2.04. The average molecular weight is 229 g/mol. The van der Waals surface area contributed by atoms with E-state index in [-0.39, 0.29) is 0 Å². The smallest absolute Gasteiger partial charge is 0.121 e. The van der Waals surface area contributed by atoms with Gasteiger partial charge >= 0.3 is 0 Å². The molecule has 2 nitrogen and oxygen atoms in total. The third-order valence-electron chi connectivity index (χ3n) is 2.12. The zero-order valence-electron chi connectivity index (χ0n) is 9.42. The van der Waals surface area contributed by atoms with Gasteiger partial charge in [-0.25, -0.2) is 0 Å². The summed E-state index contributed by atoms with van der Waals surface area (Å²) in [5.74, 6) is 1.26. The molecular weight excluding hydrogens is 212 g/mol. The molecule has 0 aliphatic carbocycles. The zero-order chi connectivity index (χ0) is 11.3. The summed E-state index contributed by atoms with van der Waals surface area (Å²) in [5.41, 5.74) is 1.19.